The molecule has 0 atom stereocenters. The fourth-order valence-corrected chi connectivity index (χ4v) is 1.40. The van der Waals surface area contributed by atoms with Crippen LogP contribution in [0.5, 0.6) is 0 Å². The van der Waals surface area contributed by atoms with Crippen molar-refractivity contribution in [2.75, 3.05) is 6.26 Å². The minimum atomic E-state index is -3.25. The van der Waals surface area contributed by atoms with E-state index < -0.39 is 15.8 Å². The summed E-state index contributed by atoms with van der Waals surface area (Å²) in [5, 5.41) is 0. The molecule has 1 N–H and O–H groups in total. The lowest BCUT2D eigenvalue weighted by atomic mass is 10.1. The molecule has 14 heavy (non-hydrogen) atoms. The van der Waals surface area contributed by atoms with Crippen molar-refractivity contribution in [2.24, 2.45) is 0 Å². The highest BCUT2D eigenvalue weighted by Gasteiger charge is 2.05. The van der Waals surface area contributed by atoms with Crippen LogP contribution in [0.4, 0.5) is 4.39 Å². The van der Waals surface area contributed by atoms with E-state index in [1.165, 1.54) is 12.1 Å². The average molecular weight is 216 g/mol. The summed E-state index contributed by atoms with van der Waals surface area (Å²) in [5.74, 6) is -0.433. The van der Waals surface area contributed by atoms with Crippen molar-refractivity contribution < 1.29 is 12.8 Å². The zero-order chi connectivity index (χ0) is 10.8. The minimum Gasteiger partial charge on any atom is -0.213 e. The third kappa shape index (κ3) is 3.08. The maximum absolute atomic E-state index is 13.0. The van der Waals surface area contributed by atoms with Crippen LogP contribution in [0, 0.1) is 12.7 Å². The first kappa shape index (κ1) is 11.1. The Morgan fingerprint density at radius 2 is 2.14 bits per heavy atom. The molecule has 1 radical (unpaired) electrons. The van der Waals surface area contributed by atoms with Gasteiger partial charge in [-0.05, 0) is 24.1 Å². The molecule has 77 valence electrons. The number of halogens is 1. The number of sulfonamides is 1. The third-order valence-corrected chi connectivity index (χ3v) is 2.41. The summed E-state index contributed by atoms with van der Waals surface area (Å²) < 4.78 is 36.8. The summed E-state index contributed by atoms with van der Waals surface area (Å²) in [6.07, 6.45) is 1.05. The van der Waals surface area contributed by atoms with Gasteiger partial charge in [0.1, 0.15) is 5.82 Å². The van der Waals surface area contributed by atoms with Gasteiger partial charge in [0.05, 0.1) is 6.26 Å². The van der Waals surface area contributed by atoms with Gasteiger partial charge in [0.15, 0.2) is 0 Å². The number of rotatable bonds is 3. The first-order chi connectivity index (χ1) is 6.40. The van der Waals surface area contributed by atoms with Crippen molar-refractivity contribution in [3.05, 3.63) is 42.1 Å². The maximum atomic E-state index is 13.0. The second-order valence-electron chi connectivity index (χ2n) is 2.97. The highest BCUT2D eigenvalue weighted by Crippen LogP contribution is 2.11. The Morgan fingerprint density at radius 1 is 1.50 bits per heavy atom. The monoisotopic (exact) mass is 216 g/mol. The van der Waals surface area contributed by atoms with Crippen molar-refractivity contribution in [3.8, 4) is 0 Å². The van der Waals surface area contributed by atoms with Gasteiger partial charge in [-0.3, -0.25) is 0 Å². The minimum absolute atomic E-state index is 0.0649. The second-order valence-corrected chi connectivity index (χ2v) is 4.80. The van der Waals surface area contributed by atoms with E-state index in [0.717, 1.165) is 6.26 Å². The van der Waals surface area contributed by atoms with Crippen LogP contribution in [0.3, 0.4) is 0 Å². The Morgan fingerprint density at radius 3 is 2.71 bits per heavy atom. The number of hydrogen-bond acceptors (Lipinski definition) is 2. The van der Waals surface area contributed by atoms with Crippen molar-refractivity contribution in [3.63, 3.8) is 0 Å². The van der Waals surface area contributed by atoms with Crippen LogP contribution in [0.25, 0.3) is 0 Å². The fraction of sp³-hybridized carbons (Fsp3) is 0.222. The Labute approximate surface area is 83.0 Å². The summed E-state index contributed by atoms with van der Waals surface area (Å²) in [6, 6.07) is 4.43. The van der Waals surface area contributed by atoms with E-state index in [1.807, 2.05) is 0 Å². The lowest BCUT2D eigenvalue weighted by Gasteiger charge is -2.06. The Bertz CT molecular complexity index is 428. The van der Waals surface area contributed by atoms with E-state index in [0.29, 0.717) is 5.56 Å². The van der Waals surface area contributed by atoms with Gasteiger partial charge in [-0.1, -0.05) is 12.1 Å². The van der Waals surface area contributed by atoms with E-state index in [1.54, 1.807) is 6.07 Å². The van der Waals surface area contributed by atoms with Crippen LogP contribution < -0.4 is 4.72 Å². The van der Waals surface area contributed by atoms with Gasteiger partial charge in [-0.2, -0.15) is 0 Å². The largest absolute Gasteiger partial charge is 0.213 e. The summed E-state index contributed by atoms with van der Waals surface area (Å²) >= 11 is 0. The first-order valence-electron chi connectivity index (χ1n) is 3.94. The smallest absolute Gasteiger partial charge is 0.209 e. The molecule has 0 aromatic heterocycles. The standard InChI is InChI=1S/C9H11FNO2S/c1-7-8(4-3-5-9(7)10)6-11-14(2,12)13/h3-5,11H,1,6H2,2H3. The molecule has 1 aromatic rings. The molecule has 0 amide bonds. The highest BCUT2D eigenvalue weighted by molar-refractivity contribution is 7.88. The molecule has 0 heterocycles. The van der Waals surface area contributed by atoms with Gasteiger partial charge in [-0.15, -0.1) is 0 Å². The van der Waals surface area contributed by atoms with Crippen molar-refractivity contribution in [2.45, 2.75) is 6.54 Å². The molecule has 0 saturated carbocycles. The molecule has 0 spiro atoms. The Hall–Kier alpha value is -0.940. The topological polar surface area (TPSA) is 46.2 Å². The second kappa shape index (κ2) is 4.06. The Balaban J connectivity index is 2.83. The summed E-state index contributed by atoms with van der Waals surface area (Å²) in [5.41, 5.74) is 0.763. The van der Waals surface area contributed by atoms with Crippen LogP contribution >= 0.6 is 0 Å². The van der Waals surface area contributed by atoms with Crippen LogP contribution in [-0.4, -0.2) is 14.7 Å². The highest BCUT2D eigenvalue weighted by atomic mass is 32.2. The van der Waals surface area contributed by atoms with Crippen molar-refractivity contribution in [1.29, 1.82) is 0 Å². The number of benzene rings is 1. The zero-order valence-corrected chi connectivity index (χ0v) is 8.57. The third-order valence-electron chi connectivity index (χ3n) is 1.74. The maximum Gasteiger partial charge on any atom is 0.209 e. The fourth-order valence-electron chi connectivity index (χ4n) is 0.978. The van der Waals surface area contributed by atoms with Gasteiger partial charge < -0.3 is 0 Å². The molecule has 0 saturated heterocycles. The van der Waals surface area contributed by atoms with Crippen LogP contribution in [0.2, 0.25) is 0 Å². The molecule has 0 fully saturated rings. The summed E-state index contributed by atoms with van der Waals surface area (Å²) in [7, 11) is -3.25. The molecule has 3 nitrogen and oxygen atoms in total. The molecule has 0 aliphatic carbocycles. The molecular formula is C9H11FNO2S. The first-order valence-corrected chi connectivity index (χ1v) is 5.83. The van der Waals surface area contributed by atoms with E-state index in [2.05, 4.69) is 11.6 Å². The molecule has 0 bridgehead atoms. The normalized spacial score (nSPS) is 11.6. The zero-order valence-electron chi connectivity index (χ0n) is 7.75. The lowest BCUT2D eigenvalue weighted by Crippen LogP contribution is -2.21. The summed E-state index contributed by atoms with van der Waals surface area (Å²) in [4.78, 5) is 0. The molecule has 5 heteroatoms. The molecular weight excluding hydrogens is 205 g/mol. The van der Waals surface area contributed by atoms with E-state index in [4.69, 9.17) is 0 Å². The molecule has 1 rings (SSSR count). The molecule has 0 aliphatic rings. The van der Waals surface area contributed by atoms with Crippen LogP contribution in [0.1, 0.15) is 11.1 Å². The summed E-state index contributed by atoms with van der Waals surface area (Å²) in [6.45, 7) is 3.58. The van der Waals surface area contributed by atoms with Crippen LogP contribution in [0.15, 0.2) is 18.2 Å². The number of nitrogens with one attached hydrogen (secondary N) is 1. The van der Waals surface area contributed by atoms with Gasteiger partial charge in [0.2, 0.25) is 10.0 Å². The predicted octanol–water partition coefficient (Wildman–Crippen LogP) is 1.06. The lowest BCUT2D eigenvalue weighted by molar-refractivity contribution is 0.586. The molecule has 1 aromatic carbocycles. The quantitative estimate of drug-likeness (QED) is 0.821. The molecule has 0 aliphatic heterocycles. The predicted molar refractivity (Wildman–Crippen MR) is 52.5 cm³/mol. The van der Waals surface area contributed by atoms with Crippen LogP contribution in [-0.2, 0) is 16.6 Å². The van der Waals surface area contributed by atoms with Gasteiger partial charge in [0.25, 0.3) is 0 Å². The van der Waals surface area contributed by atoms with Gasteiger partial charge >= 0.3 is 0 Å². The molecule has 0 unspecified atom stereocenters. The SMILES string of the molecule is [CH2]c1c(F)cccc1CNS(C)(=O)=O. The van der Waals surface area contributed by atoms with E-state index in [-0.39, 0.29) is 12.1 Å². The average Bonchev–Trinajstić information content (AvgIpc) is 2.06. The Kier molecular flexibility index (Phi) is 3.23. The number of hydrogen-bond donors (Lipinski definition) is 1. The van der Waals surface area contributed by atoms with E-state index in [9.17, 15) is 12.8 Å². The van der Waals surface area contributed by atoms with Crippen molar-refractivity contribution >= 4 is 10.0 Å². The van der Waals surface area contributed by atoms with E-state index >= 15 is 0 Å². The van der Waals surface area contributed by atoms with Gasteiger partial charge in [0, 0.05) is 6.54 Å². The van der Waals surface area contributed by atoms with Gasteiger partial charge in [-0.25, -0.2) is 17.5 Å². The van der Waals surface area contributed by atoms with Crippen molar-refractivity contribution in [1.82, 2.24) is 4.72 Å².